The summed E-state index contributed by atoms with van der Waals surface area (Å²) in [6, 6.07) is 0. The highest BCUT2D eigenvalue weighted by molar-refractivity contribution is 5.67. The third kappa shape index (κ3) is 1.29. The van der Waals surface area contributed by atoms with Gasteiger partial charge in [-0.2, -0.15) is 0 Å². The van der Waals surface area contributed by atoms with E-state index in [2.05, 4.69) is 0 Å². The van der Waals surface area contributed by atoms with Gasteiger partial charge in [0.2, 0.25) is 0 Å². The standard InChI is InChI=1S/C12H21NO3/c1-10(2,3)12(11(16)6-7-11)5-4-8-13(12)9(14)15/h16H,4-8H2,1-3H3,(H,14,15). The van der Waals surface area contributed by atoms with Crippen molar-refractivity contribution in [3.8, 4) is 0 Å². The zero-order valence-electron chi connectivity index (χ0n) is 10.3. The number of nitrogens with zero attached hydrogens (tertiary/aromatic N) is 1. The Kier molecular flexibility index (Phi) is 2.29. The lowest BCUT2D eigenvalue weighted by Crippen LogP contribution is -2.63. The Morgan fingerprint density at radius 1 is 1.25 bits per heavy atom. The molecule has 4 heteroatoms. The van der Waals surface area contributed by atoms with Crippen LogP contribution in [0.15, 0.2) is 0 Å². The monoisotopic (exact) mass is 227 g/mol. The van der Waals surface area contributed by atoms with Gasteiger partial charge in [-0.25, -0.2) is 4.79 Å². The third-order valence-electron chi connectivity index (χ3n) is 4.35. The second kappa shape index (κ2) is 3.13. The summed E-state index contributed by atoms with van der Waals surface area (Å²) in [4.78, 5) is 12.8. The molecule has 1 unspecified atom stereocenters. The highest BCUT2D eigenvalue weighted by atomic mass is 16.4. The predicted octanol–water partition coefficient (Wildman–Crippen LogP) is 2.07. The fraction of sp³-hybridized carbons (Fsp3) is 0.917. The molecule has 0 radical (unpaired) electrons. The smallest absolute Gasteiger partial charge is 0.407 e. The summed E-state index contributed by atoms with van der Waals surface area (Å²) in [5.74, 6) is 0. The third-order valence-corrected chi connectivity index (χ3v) is 4.35. The van der Waals surface area contributed by atoms with E-state index in [4.69, 9.17) is 0 Å². The molecule has 1 heterocycles. The Hall–Kier alpha value is -0.770. The summed E-state index contributed by atoms with van der Waals surface area (Å²) in [5.41, 5.74) is -1.61. The van der Waals surface area contributed by atoms with Crippen LogP contribution in [0, 0.1) is 5.41 Å². The van der Waals surface area contributed by atoms with E-state index < -0.39 is 17.2 Å². The van der Waals surface area contributed by atoms with Crippen molar-refractivity contribution in [2.24, 2.45) is 5.41 Å². The van der Waals surface area contributed by atoms with E-state index >= 15 is 0 Å². The highest BCUT2D eigenvalue weighted by Crippen LogP contribution is 2.59. The number of hydrogen-bond acceptors (Lipinski definition) is 2. The van der Waals surface area contributed by atoms with E-state index in [0.29, 0.717) is 6.54 Å². The van der Waals surface area contributed by atoms with Gasteiger partial charge in [0.1, 0.15) is 0 Å². The average molecular weight is 227 g/mol. The molecule has 1 amide bonds. The minimum Gasteiger partial charge on any atom is -0.465 e. The lowest BCUT2D eigenvalue weighted by molar-refractivity contribution is -0.0812. The molecule has 2 N–H and O–H groups in total. The number of carbonyl (C=O) groups is 1. The van der Waals surface area contributed by atoms with Crippen molar-refractivity contribution in [2.45, 2.75) is 57.6 Å². The summed E-state index contributed by atoms with van der Waals surface area (Å²) >= 11 is 0. The Morgan fingerprint density at radius 2 is 1.81 bits per heavy atom. The number of likely N-dealkylation sites (tertiary alicyclic amines) is 1. The van der Waals surface area contributed by atoms with Crippen LogP contribution in [-0.2, 0) is 0 Å². The number of aliphatic hydroxyl groups is 1. The van der Waals surface area contributed by atoms with Crippen LogP contribution in [0.5, 0.6) is 0 Å². The number of amides is 1. The first-order chi connectivity index (χ1) is 7.25. The molecule has 2 fully saturated rings. The van der Waals surface area contributed by atoms with Gasteiger partial charge in [0.05, 0.1) is 11.1 Å². The van der Waals surface area contributed by atoms with E-state index in [9.17, 15) is 15.0 Å². The second-order valence-corrected chi connectivity index (χ2v) is 6.18. The minimum atomic E-state index is -0.896. The molecule has 0 bridgehead atoms. The van der Waals surface area contributed by atoms with Crippen molar-refractivity contribution >= 4 is 6.09 Å². The molecule has 1 aliphatic carbocycles. The van der Waals surface area contributed by atoms with Gasteiger partial charge in [0.25, 0.3) is 0 Å². The molecule has 1 atom stereocenters. The van der Waals surface area contributed by atoms with Crippen LogP contribution in [0.4, 0.5) is 4.79 Å². The van der Waals surface area contributed by atoms with Gasteiger partial charge < -0.3 is 10.2 Å². The van der Waals surface area contributed by atoms with Crippen molar-refractivity contribution in [1.29, 1.82) is 0 Å². The van der Waals surface area contributed by atoms with Crippen molar-refractivity contribution < 1.29 is 15.0 Å². The molecule has 92 valence electrons. The van der Waals surface area contributed by atoms with E-state index in [1.54, 1.807) is 0 Å². The van der Waals surface area contributed by atoms with Crippen LogP contribution >= 0.6 is 0 Å². The SMILES string of the molecule is CC(C)(C)C1(C2(O)CC2)CCCN1C(=O)O. The summed E-state index contributed by atoms with van der Waals surface area (Å²) in [7, 11) is 0. The number of rotatable bonds is 1. The van der Waals surface area contributed by atoms with E-state index in [1.807, 2.05) is 20.8 Å². The molecular formula is C12H21NO3. The Bertz CT molecular complexity index is 309. The van der Waals surface area contributed by atoms with Crippen LogP contribution < -0.4 is 0 Å². The van der Waals surface area contributed by atoms with Crippen LogP contribution in [0.3, 0.4) is 0 Å². The van der Waals surface area contributed by atoms with Gasteiger partial charge in [-0.15, -0.1) is 0 Å². The second-order valence-electron chi connectivity index (χ2n) is 6.18. The zero-order valence-corrected chi connectivity index (χ0v) is 10.3. The maximum absolute atomic E-state index is 11.4. The molecule has 2 aliphatic rings. The summed E-state index contributed by atoms with van der Waals surface area (Å²) < 4.78 is 0. The maximum atomic E-state index is 11.4. The number of carboxylic acid groups (broad SMARTS) is 1. The number of hydrogen-bond donors (Lipinski definition) is 2. The largest absolute Gasteiger partial charge is 0.465 e. The van der Waals surface area contributed by atoms with Gasteiger partial charge >= 0.3 is 6.09 Å². The lowest BCUT2D eigenvalue weighted by atomic mass is 9.67. The first-order valence-electron chi connectivity index (χ1n) is 5.98. The first-order valence-corrected chi connectivity index (χ1v) is 5.98. The molecule has 0 aromatic heterocycles. The van der Waals surface area contributed by atoms with Gasteiger partial charge in [-0.1, -0.05) is 20.8 Å². The zero-order chi connectivity index (χ0) is 12.2. The van der Waals surface area contributed by atoms with Crippen LogP contribution in [0.1, 0.15) is 46.5 Å². The van der Waals surface area contributed by atoms with Crippen molar-refractivity contribution in [3.05, 3.63) is 0 Å². The van der Waals surface area contributed by atoms with Gasteiger partial charge in [-0.05, 0) is 31.1 Å². The van der Waals surface area contributed by atoms with E-state index in [0.717, 1.165) is 25.7 Å². The van der Waals surface area contributed by atoms with Crippen LogP contribution in [0.25, 0.3) is 0 Å². The quantitative estimate of drug-likeness (QED) is 0.721. The fourth-order valence-corrected chi connectivity index (χ4v) is 3.57. The van der Waals surface area contributed by atoms with Crippen molar-refractivity contribution in [3.63, 3.8) is 0 Å². The van der Waals surface area contributed by atoms with Gasteiger partial charge in [-0.3, -0.25) is 4.90 Å². The van der Waals surface area contributed by atoms with E-state index in [1.165, 1.54) is 4.90 Å². The molecule has 4 nitrogen and oxygen atoms in total. The van der Waals surface area contributed by atoms with Crippen LogP contribution in [0.2, 0.25) is 0 Å². The predicted molar refractivity (Wildman–Crippen MR) is 60.3 cm³/mol. The summed E-state index contributed by atoms with van der Waals surface area (Å²) in [6.45, 7) is 6.65. The molecule has 2 rings (SSSR count). The highest BCUT2D eigenvalue weighted by Gasteiger charge is 2.68. The lowest BCUT2D eigenvalue weighted by Gasteiger charge is -2.50. The normalized spacial score (nSPS) is 32.9. The summed E-state index contributed by atoms with van der Waals surface area (Å²) in [6.07, 6.45) is 2.19. The molecule has 0 aromatic carbocycles. The van der Waals surface area contributed by atoms with Gasteiger partial charge in [0, 0.05) is 6.54 Å². The molecule has 0 aromatic rings. The fourth-order valence-electron chi connectivity index (χ4n) is 3.57. The molecule has 1 saturated heterocycles. The topological polar surface area (TPSA) is 60.8 Å². The Morgan fingerprint density at radius 3 is 2.19 bits per heavy atom. The Balaban J connectivity index is 2.46. The summed E-state index contributed by atoms with van der Waals surface area (Å²) in [5, 5.41) is 19.8. The first kappa shape index (κ1) is 11.7. The molecule has 16 heavy (non-hydrogen) atoms. The van der Waals surface area contributed by atoms with Crippen molar-refractivity contribution in [1.82, 2.24) is 4.90 Å². The average Bonchev–Trinajstić information content (AvgIpc) is 2.73. The Labute approximate surface area is 96.3 Å². The van der Waals surface area contributed by atoms with Crippen molar-refractivity contribution in [2.75, 3.05) is 6.54 Å². The molecule has 1 aliphatic heterocycles. The molecular weight excluding hydrogens is 206 g/mol. The molecule has 0 spiro atoms. The molecule has 1 saturated carbocycles. The minimum absolute atomic E-state index is 0.229. The maximum Gasteiger partial charge on any atom is 0.407 e. The van der Waals surface area contributed by atoms with Crippen LogP contribution in [-0.4, -0.2) is 38.9 Å². The van der Waals surface area contributed by atoms with E-state index in [-0.39, 0.29) is 5.41 Å². The van der Waals surface area contributed by atoms with Gasteiger partial charge in [0.15, 0.2) is 0 Å².